The minimum atomic E-state index is -0.0589. The summed E-state index contributed by atoms with van der Waals surface area (Å²) in [5, 5.41) is 7.33. The molecule has 2 rings (SSSR count). The van der Waals surface area contributed by atoms with Crippen LogP contribution in [0.3, 0.4) is 0 Å². The quantitative estimate of drug-likeness (QED) is 0.800. The summed E-state index contributed by atoms with van der Waals surface area (Å²) in [6.07, 6.45) is 0.852. The highest BCUT2D eigenvalue weighted by Gasteiger charge is 2.05. The van der Waals surface area contributed by atoms with Crippen LogP contribution in [0.15, 0.2) is 30.3 Å². The van der Waals surface area contributed by atoms with Crippen molar-refractivity contribution in [1.82, 2.24) is 15.1 Å². The van der Waals surface area contributed by atoms with E-state index in [2.05, 4.69) is 16.5 Å². The van der Waals surface area contributed by atoms with E-state index in [9.17, 15) is 4.79 Å². The molecule has 22 heavy (non-hydrogen) atoms. The first-order valence-corrected chi connectivity index (χ1v) is 7.62. The summed E-state index contributed by atoms with van der Waals surface area (Å²) in [6.45, 7) is 8.02. The number of rotatable bonds is 7. The molecule has 0 spiro atoms. The zero-order chi connectivity index (χ0) is 15.9. The van der Waals surface area contributed by atoms with Crippen LogP contribution in [-0.2, 0) is 6.54 Å². The summed E-state index contributed by atoms with van der Waals surface area (Å²) in [5.41, 5.74) is 2.82. The molecule has 0 atom stereocenters. The molecule has 0 aliphatic rings. The number of hydrogen-bond acceptors (Lipinski definition) is 3. The number of ether oxygens (including phenoxy) is 1. The first-order valence-electron chi connectivity index (χ1n) is 7.62. The molecule has 0 fully saturated rings. The lowest BCUT2D eigenvalue weighted by molar-refractivity contribution is 0.0952. The molecule has 1 aromatic carbocycles. The SMILES string of the molecule is CCOc1ccc(C(=O)NCCCn2nc(C)cc2C)cc1. The van der Waals surface area contributed by atoms with Crippen LogP contribution in [0.1, 0.15) is 35.1 Å². The lowest BCUT2D eigenvalue weighted by atomic mass is 10.2. The molecule has 1 N–H and O–H groups in total. The average molecular weight is 301 g/mol. The molecule has 1 aromatic heterocycles. The van der Waals surface area contributed by atoms with Crippen molar-refractivity contribution in [2.45, 2.75) is 33.7 Å². The van der Waals surface area contributed by atoms with Gasteiger partial charge in [-0.15, -0.1) is 0 Å². The van der Waals surface area contributed by atoms with Crippen LogP contribution in [0.4, 0.5) is 0 Å². The van der Waals surface area contributed by atoms with Crippen molar-refractivity contribution in [3.05, 3.63) is 47.3 Å². The summed E-state index contributed by atoms with van der Waals surface area (Å²) in [7, 11) is 0. The first-order chi connectivity index (χ1) is 10.6. The van der Waals surface area contributed by atoms with Crippen LogP contribution in [0.5, 0.6) is 5.75 Å². The lowest BCUT2D eigenvalue weighted by Gasteiger charge is -2.08. The molecule has 0 saturated heterocycles. The Morgan fingerprint density at radius 2 is 2.00 bits per heavy atom. The van der Waals surface area contributed by atoms with E-state index >= 15 is 0 Å². The van der Waals surface area contributed by atoms with Gasteiger partial charge in [0.15, 0.2) is 0 Å². The normalized spacial score (nSPS) is 10.5. The number of carbonyl (C=O) groups is 1. The predicted octanol–water partition coefficient (Wildman–Crippen LogP) is 2.72. The topological polar surface area (TPSA) is 56.1 Å². The lowest BCUT2D eigenvalue weighted by Crippen LogP contribution is -2.25. The van der Waals surface area contributed by atoms with Gasteiger partial charge in [-0.3, -0.25) is 9.48 Å². The third-order valence-corrected chi connectivity index (χ3v) is 3.36. The number of nitrogens with one attached hydrogen (secondary N) is 1. The van der Waals surface area contributed by atoms with Crippen molar-refractivity contribution in [2.24, 2.45) is 0 Å². The van der Waals surface area contributed by atoms with E-state index in [-0.39, 0.29) is 5.91 Å². The molecular formula is C17H23N3O2. The highest BCUT2D eigenvalue weighted by molar-refractivity contribution is 5.94. The summed E-state index contributed by atoms with van der Waals surface area (Å²) < 4.78 is 7.33. The van der Waals surface area contributed by atoms with Crippen molar-refractivity contribution in [3.63, 3.8) is 0 Å². The monoisotopic (exact) mass is 301 g/mol. The van der Waals surface area contributed by atoms with Gasteiger partial charge in [-0.1, -0.05) is 0 Å². The van der Waals surface area contributed by atoms with E-state index in [1.165, 1.54) is 0 Å². The average Bonchev–Trinajstić information content (AvgIpc) is 2.82. The summed E-state index contributed by atoms with van der Waals surface area (Å²) in [6, 6.07) is 9.24. The van der Waals surface area contributed by atoms with Crippen molar-refractivity contribution >= 4 is 5.91 Å². The molecule has 118 valence electrons. The van der Waals surface area contributed by atoms with Crippen LogP contribution < -0.4 is 10.1 Å². The number of amides is 1. The fourth-order valence-corrected chi connectivity index (χ4v) is 2.30. The molecule has 0 bridgehead atoms. The Bertz CT molecular complexity index is 617. The van der Waals surface area contributed by atoms with Gasteiger partial charge in [-0.2, -0.15) is 5.10 Å². The summed E-state index contributed by atoms with van der Waals surface area (Å²) >= 11 is 0. The van der Waals surface area contributed by atoms with Gasteiger partial charge in [-0.25, -0.2) is 0 Å². The maximum Gasteiger partial charge on any atom is 0.251 e. The Kier molecular flexibility index (Phi) is 5.58. The third-order valence-electron chi connectivity index (χ3n) is 3.36. The highest BCUT2D eigenvalue weighted by Crippen LogP contribution is 2.12. The number of aryl methyl sites for hydroxylation is 3. The van der Waals surface area contributed by atoms with Crippen molar-refractivity contribution in [1.29, 1.82) is 0 Å². The molecule has 1 heterocycles. The van der Waals surface area contributed by atoms with E-state index in [0.29, 0.717) is 18.7 Å². The Labute approximate surface area is 131 Å². The summed E-state index contributed by atoms with van der Waals surface area (Å²) in [4.78, 5) is 12.0. The van der Waals surface area contributed by atoms with Crippen LogP contribution in [-0.4, -0.2) is 28.8 Å². The molecule has 0 unspecified atom stereocenters. The minimum absolute atomic E-state index is 0.0589. The molecule has 0 aliphatic carbocycles. The molecule has 0 saturated carbocycles. The molecule has 1 amide bonds. The standard InChI is InChI=1S/C17H23N3O2/c1-4-22-16-8-6-15(7-9-16)17(21)18-10-5-11-20-14(3)12-13(2)19-20/h6-9,12H,4-5,10-11H2,1-3H3,(H,18,21). The molecule has 0 aliphatic heterocycles. The Balaban J connectivity index is 1.76. The number of aromatic nitrogens is 2. The van der Waals surface area contributed by atoms with E-state index in [4.69, 9.17) is 4.74 Å². The smallest absolute Gasteiger partial charge is 0.251 e. The maximum absolute atomic E-state index is 12.0. The first kappa shape index (κ1) is 16.1. The largest absolute Gasteiger partial charge is 0.494 e. The second-order valence-corrected chi connectivity index (χ2v) is 5.22. The van der Waals surface area contributed by atoms with E-state index in [1.807, 2.05) is 37.6 Å². The van der Waals surface area contributed by atoms with Gasteiger partial charge in [0.2, 0.25) is 0 Å². The fourth-order valence-electron chi connectivity index (χ4n) is 2.30. The Morgan fingerprint density at radius 1 is 1.27 bits per heavy atom. The van der Waals surface area contributed by atoms with Gasteiger partial charge >= 0.3 is 0 Å². The van der Waals surface area contributed by atoms with Crippen molar-refractivity contribution < 1.29 is 9.53 Å². The van der Waals surface area contributed by atoms with Crippen LogP contribution in [0, 0.1) is 13.8 Å². The number of benzene rings is 1. The zero-order valence-electron chi connectivity index (χ0n) is 13.4. The summed E-state index contributed by atoms with van der Waals surface area (Å²) in [5.74, 6) is 0.722. The van der Waals surface area contributed by atoms with Crippen LogP contribution >= 0.6 is 0 Å². The van der Waals surface area contributed by atoms with E-state index in [0.717, 1.165) is 30.1 Å². The van der Waals surface area contributed by atoms with Crippen LogP contribution in [0.25, 0.3) is 0 Å². The predicted molar refractivity (Wildman–Crippen MR) is 86.3 cm³/mol. The number of nitrogens with zero attached hydrogens (tertiary/aromatic N) is 2. The zero-order valence-corrected chi connectivity index (χ0v) is 13.4. The van der Waals surface area contributed by atoms with Gasteiger partial charge in [0.05, 0.1) is 12.3 Å². The fraction of sp³-hybridized carbons (Fsp3) is 0.412. The van der Waals surface area contributed by atoms with Gasteiger partial charge in [0.25, 0.3) is 5.91 Å². The molecule has 5 nitrogen and oxygen atoms in total. The maximum atomic E-state index is 12.0. The van der Waals surface area contributed by atoms with Gasteiger partial charge in [0.1, 0.15) is 5.75 Å². The number of hydrogen-bond donors (Lipinski definition) is 1. The van der Waals surface area contributed by atoms with Crippen molar-refractivity contribution in [3.8, 4) is 5.75 Å². The second kappa shape index (κ2) is 7.64. The molecule has 2 aromatic rings. The number of carbonyl (C=O) groups excluding carboxylic acids is 1. The van der Waals surface area contributed by atoms with E-state index < -0.39 is 0 Å². The second-order valence-electron chi connectivity index (χ2n) is 5.22. The Hall–Kier alpha value is -2.30. The van der Waals surface area contributed by atoms with Crippen molar-refractivity contribution in [2.75, 3.05) is 13.2 Å². The van der Waals surface area contributed by atoms with E-state index in [1.54, 1.807) is 12.1 Å². The third kappa shape index (κ3) is 4.35. The van der Waals surface area contributed by atoms with Crippen LogP contribution in [0.2, 0.25) is 0 Å². The Morgan fingerprint density at radius 3 is 2.59 bits per heavy atom. The molecule has 5 heteroatoms. The highest BCUT2D eigenvalue weighted by atomic mass is 16.5. The van der Waals surface area contributed by atoms with Gasteiger partial charge < -0.3 is 10.1 Å². The molecular weight excluding hydrogens is 278 g/mol. The minimum Gasteiger partial charge on any atom is -0.494 e. The van der Waals surface area contributed by atoms with Gasteiger partial charge in [-0.05, 0) is 57.5 Å². The molecule has 0 radical (unpaired) electrons. The van der Waals surface area contributed by atoms with Gasteiger partial charge in [0, 0.05) is 24.3 Å².